The monoisotopic (exact) mass is 450 g/mol. The molecular formula is C24H19ClN2O5. The summed E-state index contributed by atoms with van der Waals surface area (Å²) in [5.41, 5.74) is 1.86. The van der Waals surface area contributed by atoms with Gasteiger partial charge in [-0.3, -0.25) is 19.0 Å². The van der Waals surface area contributed by atoms with Gasteiger partial charge in [0, 0.05) is 34.9 Å². The first kappa shape index (κ1) is 20.3. The molecular weight excluding hydrogens is 432 g/mol. The fraction of sp³-hybridized carbons (Fsp3) is 0.208. The molecule has 0 fully saturated rings. The molecule has 0 bridgehead atoms. The number of Topliss-reactive ketones (excluding diaryl/α,β-unsaturated/α-hetero) is 1. The Balaban J connectivity index is 1.50. The number of hydrogen-bond donors (Lipinski definition) is 1. The number of rotatable bonds is 4. The maximum Gasteiger partial charge on any atom is 0.268 e. The zero-order chi connectivity index (χ0) is 22.2. The van der Waals surface area contributed by atoms with Crippen LogP contribution in [0.5, 0.6) is 11.5 Å². The number of nitrogens with zero attached hydrogens (tertiary/aromatic N) is 1. The van der Waals surface area contributed by atoms with Crippen molar-refractivity contribution in [2.75, 3.05) is 6.79 Å². The van der Waals surface area contributed by atoms with Crippen molar-refractivity contribution in [2.24, 2.45) is 0 Å². The standard InChI is InChI=1S/C24H19ClN2O5/c25-15-5-7-16(8-6-15)27-19-2-1-3-20(28)17(19)11-18(24(27)30)23(29)26-12-14-4-9-21-22(10-14)32-13-31-21/h4-11H,1-3,12-13H2,(H,26,29). The van der Waals surface area contributed by atoms with Crippen molar-refractivity contribution in [2.45, 2.75) is 25.8 Å². The van der Waals surface area contributed by atoms with Gasteiger partial charge in [0.15, 0.2) is 17.3 Å². The highest BCUT2D eigenvalue weighted by Gasteiger charge is 2.26. The van der Waals surface area contributed by atoms with E-state index in [9.17, 15) is 14.4 Å². The minimum atomic E-state index is -0.545. The average molecular weight is 451 g/mol. The highest BCUT2D eigenvalue weighted by atomic mass is 35.5. The summed E-state index contributed by atoms with van der Waals surface area (Å²) in [6.07, 6.45) is 1.64. The molecule has 2 heterocycles. The van der Waals surface area contributed by atoms with Crippen molar-refractivity contribution in [1.82, 2.24) is 9.88 Å². The van der Waals surface area contributed by atoms with E-state index in [-0.39, 0.29) is 24.7 Å². The van der Waals surface area contributed by atoms with E-state index < -0.39 is 11.5 Å². The molecule has 0 saturated heterocycles. The van der Waals surface area contributed by atoms with Crippen molar-refractivity contribution >= 4 is 23.3 Å². The number of carbonyl (C=O) groups is 2. The molecule has 3 aromatic rings. The normalized spacial score (nSPS) is 14.2. The second kappa shape index (κ2) is 8.16. The summed E-state index contributed by atoms with van der Waals surface area (Å²) in [7, 11) is 0. The molecule has 1 amide bonds. The lowest BCUT2D eigenvalue weighted by Crippen LogP contribution is -2.35. The van der Waals surface area contributed by atoms with Gasteiger partial charge in [-0.05, 0) is 60.9 Å². The fourth-order valence-electron chi connectivity index (χ4n) is 4.05. The van der Waals surface area contributed by atoms with E-state index in [1.807, 2.05) is 6.07 Å². The van der Waals surface area contributed by atoms with Crippen molar-refractivity contribution < 1.29 is 19.1 Å². The van der Waals surface area contributed by atoms with Gasteiger partial charge in [-0.2, -0.15) is 0 Å². The molecule has 0 unspecified atom stereocenters. The molecule has 1 aliphatic carbocycles. The number of nitrogens with one attached hydrogen (secondary N) is 1. The van der Waals surface area contributed by atoms with Crippen LogP contribution < -0.4 is 20.3 Å². The average Bonchev–Trinajstić information content (AvgIpc) is 3.26. The van der Waals surface area contributed by atoms with E-state index in [1.54, 1.807) is 36.4 Å². The third-order valence-corrected chi connectivity index (χ3v) is 5.89. The zero-order valence-electron chi connectivity index (χ0n) is 17.0. The molecule has 2 aromatic carbocycles. The summed E-state index contributed by atoms with van der Waals surface area (Å²) in [4.78, 5) is 39.0. The lowest BCUT2D eigenvalue weighted by molar-refractivity contribution is 0.0949. The van der Waals surface area contributed by atoms with E-state index >= 15 is 0 Å². The molecule has 0 atom stereocenters. The Morgan fingerprint density at radius 3 is 2.59 bits per heavy atom. The SMILES string of the molecule is O=C1CCCc2c1cc(C(=O)NCc1ccc3c(c1)OCO3)c(=O)n2-c1ccc(Cl)cc1. The van der Waals surface area contributed by atoms with Crippen LogP contribution in [-0.4, -0.2) is 23.1 Å². The number of aromatic nitrogens is 1. The van der Waals surface area contributed by atoms with Crippen LogP contribution in [0, 0.1) is 0 Å². The first-order chi connectivity index (χ1) is 15.5. The highest BCUT2D eigenvalue weighted by Crippen LogP contribution is 2.32. The Hall–Kier alpha value is -3.58. The molecule has 2 aliphatic rings. The van der Waals surface area contributed by atoms with Crippen LogP contribution in [0.4, 0.5) is 0 Å². The predicted molar refractivity (Wildman–Crippen MR) is 118 cm³/mol. The lowest BCUT2D eigenvalue weighted by Gasteiger charge is -2.21. The summed E-state index contributed by atoms with van der Waals surface area (Å²) in [6, 6.07) is 13.6. The molecule has 0 saturated carbocycles. The number of pyridine rings is 1. The molecule has 8 heteroatoms. The maximum absolute atomic E-state index is 13.4. The Kier molecular flexibility index (Phi) is 5.19. The van der Waals surface area contributed by atoms with Crippen LogP contribution >= 0.6 is 11.6 Å². The highest BCUT2D eigenvalue weighted by molar-refractivity contribution is 6.30. The minimum Gasteiger partial charge on any atom is -0.454 e. The number of amides is 1. The van der Waals surface area contributed by atoms with E-state index in [2.05, 4.69) is 5.32 Å². The number of ether oxygens (including phenoxy) is 2. The maximum atomic E-state index is 13.4. The van der Waals surface area contributed by atoms with Gasteiger partial charge in [0.1, 0.15) is 5.56 Å². The Morgan fingerprint density at radius 1 is 1.00 bits per heavy atom. The molecule has 162 valence electrons. The molecule has 0 spiro atoms. The quantitative estimate of drug-likeness (QED) is 0.655. The van der Waals surface area contributed by atoms with Crippen molar-refractivity contribution in [3.63, 3.8) is 0 Å². The first-order valence-electron chi connectivity index (χ1n) is 10.3. The van der Waals surface area contributed by atoms with Crippen molar-refractivity contribution in [3.05, 3.63) is 86.3 Å². The van der Waals surface area contributed by atoms with E-state index in [1.165, 1.54) is 10.6 Å². The number of fused-ring (bicyclic) bond motifs is 2. The van der Waals surface area contributed by atoms with Crippen LogP contribution in [0.2, 0.25) is 5.02 Å². The van der Waals surface area contributed by atoms with Gasteiger partial charge in [-0.15, -0.1) is 0 Å². The van der Waals surface area contributed by atoms with E-state index in [0.29, 0.717) is 52.7 Å². The van der Waals surface area contributed by atoms with Gasteiger partial charge >= 0.3 is 0 Å². The topological polar surface area (TPSA) is 86.6 Å². The van der Waals surface area contributed by atoms with Crippen LogP contribution in [-0.2, 0) is 13.0 Å². The van der Waals surface area contributed by atoms with Gasteiger partial charge in [-0.1, -0.05) is 17.7 Å². The zero-order valence-corrected chi connectivity index (χ0v) is 17.8. The smallest absolute Gasteiger partial charge is 0.268 e. The second-order valence-electron chi connectivity index (χ2n) is 7.68. The summed E-state index contributed by atoms with van der Waals surface area (Å²) in [6.45, 7) is 0.361. The summed E-state index contributed by atoms with van der Waals surface area (Å²) in [5, 5.41) is 3.31. The molecule has 1 N–H and O–H groups in total. The Morgan fingerprint density at radius 2 is 1.78 bits per heavy atom. The van der Waals surface area contributed by atoms with Crippen LogP contribution in [0.15, 0.2) is 53.3 Å². The molecule has 0 radical (unpaired) electrons. The summed E-state index contributed by atoms with van der Waals surface area (Å²) in [5.74, 6) is 0.649. The van der Waals surface area contributed by atoms with Gasteiger partial charge in [-0.25, -0.2) is 0 Å². The second-order valence-corrected chi connectivity index (χ2v) is 8.12. The number of carbonyl (C=O) groups excluding carboxylic acids is 2. The van der Waals surface area contributed by atoms with E-state index in [0.717, 1.165) is 5.56 Å². The third-order valence-electron chi connectivity index (χ3n) is 5.64. The Bertz CT molecular complexity index is 1300. The van der Waals surface area contributed by atoms with Gasteiger partial charge in [0.2, 0.25) is 6.79 Å². The molecule has 1 aliphatic heterocycles. The third kappa shape index (κ3) is 3.65. The first-order valence-corrected chi connectivity index (χ1v) is 10.6. The van der Waals surface area contributed by atoms with Gasteiger partial charge in [0.25, 0.3) is 11.5 Å². The largest absolute Gasteiger partial charge is 0.454 e. The van der Waals surface area contributed by atoms with E-state index in [4.69, 9.17) is 21.1 Å². The van der Waals surface area contributed by atoms with Gasteiger partial charge in [0.05, 0.1) is 0 Å². The number of ketones is 1. The Labute approximate surface area is 188 Å². The molecule has 7 nitrogen and oxygen atoms in total. The molecule has 5 rings (SSSR count). The van der Waals surface area contributed by atoms with Gasteiger partial charge < -0.3 is 14.8 Å². The molecule has 1 aromatic heterocycles. The molecule has 32 heavy (non-hydrogen) atoms. The van der Waals surface area contributed by atoms with Crippen molar-refractivity contribution in [3.8, 4) is 17.2 Å². The van der Waals surface area contributed by atoms with Crippen LogP contribution in [0.3, 0.4) is 0 Å². The number of benzene rings is 2. The number of hydrogen-bond acceptors (Lipinski definition) is 5. The minimum absolute atomic E-state index is 0.0706. The number of halogens is 1. The summed E-state index contributed by atoms with van der Waals surface area (Å²) < 4.78 is 12.1. The van der Waals surface area contributed by atoms with Crippen LogP contribution in [0.1, 0.15) is 44.8 Å². The summed E-state index contributed by atoms with van der Waals surface area (Å²) >= 11 is 6.00. The predicted octanol–water partition coefficient (Wildman–Crippen LogP) is 3.67. The lowest BCUT2D eigenvalue weighted by atomic mass is 9.92. The van der Waals surface area contributed by atoms with Crippen molar-refractivity contribution in [1.29, 1.82) is 0 Å². The van der Waals surface area contributed by atoms with Crippen LogP contribution in [0.25, 0.3) is 5.69 Å². The fourth-order valence-corrected chi connectivity index (χ4v) is 4.17.